The number of carbonyl (C=O) groups is 1. The Labute approximate surface area is 215 Å². The van der Waals surface area contributed by atoms with Gasteiger partial charge >= 0.3 is 0 Å². The van der Waals surface area contributed by atoms with Crippen molar-refractivity contribution in [1.82, 2.24) is 19.7 Å². The quantitative estimate of drug-likeness (QED) is 0.356. The molecule has 0 radical (unpaired) electrons. The van der Waals surface area contributed by atoms with E-state index in [4.69, 9.17) is 9.84 Å². The molecular formula is C30H27N5O2. The summed E-state index contributed by atoms with van der Waals surface area (Å²) in [4.78, 5) is 23.2. The van der Waals surface area contributed by atoms with Gasteiger partial charge in [0.05, 0.1) is 24.1 Å². The van der Waals surface area contributed by atoms with Crippen molar-refractivity contribution in [3.8, 4) is 17.1 Å². The highest BCUT2D eigenvalue weighted by Crippen LogP contribution is 2.40. The smallest absolute Gasteiger partial charge is 0.280 e. The van der Waals surface area contributed by atoms with Crippen LogP contribution in [0.15, 0.2) is 84.8 Å². The number of hydrogen-bond donors (Lipinski definition) is 1. The number of anilines is 1. The number of aromatic nitrogens is 4. The first-order chi connectivity index (χ1) is 18.2. The van der Waals surface area contributed by atoms with Gasteiger partial charge in [-0.1, -0.05) is 30.3 Å². The molecule has 3 aromatic heterocycles. The normalized spacial score (nSPS) is 15.3. The zero-order valence-electron chi connectivity index (χ0n) is 20.6. The van der Waals surface area contributed by atoms with Crippen molar-refractivity contribution in [2.45, 2.75) is 32.1 Å². The fraction of sp³-hybridized carbons (Fsp3) is 0.200. The SMILES string of the molecule is COc1ccc(C2=C(Nc3ccccn3)Cc3c(C4=CCCCC4)c(-c4ccccn4)nn3C2=O)cc1. The van der Waals surface area contributed by atoms with Gasteiger partial charge in [0.25, 0.3) is 5.91 Å². The van der Waals surface area contributed by atoms with E-state index >= 15 is 0 Å². The summed E-state index contributed by atoms with van der Waals surface area (Å²) in [6, 6.07) is 19.0. The summed E-state index contributed by atoms with van der Waals surface area (Å²) in [5, 5.41) is 8.34. The summed E-state index contributed by atoms with van der Waals surface area (Å²) in [6.07, 6.45) is 10.6. The Bertz CT molecular complexity index is 1500. The standard InChI is InChI=1S/C30H27N5O2/c1-37-22-15-13-21(14-16-22)27-24(33-26-12-6-8-18-32-26)19-25-28(20-9-3-2-4-10-20)29(34-35(25)30(27)36)23-11-5-7-17-31-23/h5-9,11-18H,2-4,10,19H2,1H3,(H,32,33). The number of nitrogens with zero attached hydrogens (tertiary/aromatic N) is 4. The summed E-state index contributed by atoms with van der Waals surface area (Å²) < 4.78 is 6.92. The zero-order chi connectivity index (χ0) is 25.2. The highest BCUT2D eigenvalue weighted by molar-refractivity contribution is 6.23. The molecule has 184 valence electrons. The predicted octanol–water partition coefficient (Wildman–Crippen LogP) is 6.03. The van der Waals surface area contributed by atoms with Crippen molar-refractivity contribution in [2.75, 3.05) is 12.4 Å². The Morgan fingerprint density at radius 3 is 2.43 bits per heavy atom. The van der Waals surface area contributed by atoms with Gasteiger partial charge in [-0.05, 0) is 73.2 Å². The second-order valence-corrected chi connectivity index (χ2v) is 9.18. The molecule has 0 amide bonds. The lowest BCUT2D eigenvalue weighted by molar-refractivity contribution is 0.0958. The maximum Gasteiger partial charge on any atom is 0.280 e. The topological polar surface area (TPSA) is 81.9 Å². The van der Waals surface area contributed by atoms with Gasteiger partial charge in [0.2, 0.25) is 0 Å². The van der Waals surface area contributed by atoms with Gasteiger partial charge in [0.1, 0.15) is 17.3 Å². The van der Waals surface area contributed by atoms with Crippen molar-refractivity contribution in [3.63, 3.8) is 0 Å². The summed E-state index contributed by atoms with van der Waals surface area (Å²) in [5.41, 5.74) is 6.84. The van der Waals surface area contributed by atoms with Crippen LogP contribution in [0.2, 0.25) is 0 Å². The van der Waals surface area contributed by atoms with Gasteiger partial charge in [-0.2, -0.15) is 9.78 Å². The van der Waals surface area contributed by atoms with Crippen LogP contribution in [-0.4, -0.2) is 32.8 Å². The van der Waals surface area contributed by atoms with E-state index in [-0.39, 0.29) is 5.91 Å². The maximum atomic E-state index is 14.2. The number of fused-ring (bicyclic) bond motifs is 1. The van der Waals surface area contributed by atoms with Crippen molar-refractivity contribution in [3.05, 3.63) is 102 Å². The number of ether oxygens (including phenoxy) is 1. The van der Waals surface area contributed by atoms with Crippen LogP contribution in [0.5, 0.6) is 5.75 Å². The number of methoxy groups -OCH3 is 1. The average molecular weight is 490 g/mol. The minimum absolute atomic E-state index is 0.176. The lowest BCUT2D eigenvalue weighted by Crippen LogP contribution is -2.27. The van der Waals surface area contributed by atoms with Gasteiger partial charge in [-0.15, -0.1) is 0 Å². The van der Waals surface area contributed by atoms with E-state index in [1.54, 1.807) is 24.2 Å². The Balaban J connectivity index is 1.53. The van der Waals surface area contributed by atoms with Crippen LogP contribution in [0.4, 0.5) is 5.82 Å². The fourth-order valence-electron chi connectivity index (χ4n) is 5.11. The number of nitrogens with one attached hydrogen (secondary N) is 1. The zero-order valence-corrected chi connectivity index (χ0v) is 20.6. The molecule has 7 nitrogen and oxygen atoms in total. The molecule has 37 heavy (non-hydrogen) atoms. The minimum atomic E-state index is -0.176. The number of pyridine rings is 2. The third-order valence-corrected chi connectivity index (χ3v) is 6.88. The third-order valence-electron chi connectivity index (χ3n) is 6.88. The van der Waals surface area contributed by atoms with E-state index in [2.05, 4.69) is 21.4 Å². The van der Waals surface area contributed by atoms with Crippen molar-refractivity contribution in [1.29, 1.82) is 0 Å². The van der Waals surface area contributed by atoms with Crippen LogP contribution in [0, 0.1) is 0 Å². The fourth-order valence-corrected chi connectivity index (χ4v) is 5.11. The molecule has 0 saturated carbocycles. The number of allylic oxidation sites excluding steroid dienone is 4. The minimum Gasteiger partial charge on any atom is -0.497 e. The molecule has 1 aromatic carbocycles. The summed E-state index contributed by atoms with van der Waals surface area (Å²) >= 11 is 0. The molecule has 0 spiro atoms. The molecule has 4 heterocycles. The first kappa shape index (κ1) is 22.9. The highest BCUT2D eigenvalue weighted by Gasteiger charge is 2.34. The number of carbonyl (C=O) groups excluding carboxylic acids is 1. The number of benzene rings is 1. The third kappa shape index (κ3) is 4.33. The van der Waals surface area contributed by atoms with Crippen molar-refractivity contribution >= 4 is 22.9 Å². The summed E-state index contributed by atoms with van der Waals surface area (Å²) in [7, 11) is 1.63. The van der Waals surface area contributed by atoms with E-state index in [9.17, 15) is 4.79 Å². The van der Waals surface area contributed by atoms with Crippen LogP contribution in [0.1, 0.15) is 47.3 Å². The van der Waals surface area contributed by atoms with Gasteiger partial charge in [-0.3, -0.25) is 9.78 Å². The molecule has 0 unspecified atom stereocenters. The second-order valence-electron chi connectivity index (χ2n) is 9.18. The molecule has 0 bridgehead atoms. The Kier molecular flexibility index (Phi) is 6.10. The van der Waals surface area contributed by atoms with E-state index in [1.807, 2.05) is 60.7 Å². The van der Waals surface area contributed by atoms with Crippen molar-refractivity contribution < 1.29 is 9.53 Å². The summed E-state index contributed by atoms with van der Waals surface area (Å²) in [5.74, 6) is 1.24. The van der Waals surface area contributed by atoms with E-state index in [0.29, 0.717) is 17.8 Å². The molecule has 0 atom stereocenters. The van der Waals surface area contributed by atoms with E-state index in [1.165, 1.54) is 12.0 Å². The van der Waals surface area contributed by atoms with E-state index in [0.717, 1.165) is 58.9 Å². The molecule has 1 aliphatic heterocycles. The van der Waals surface area contributed by atoms with Gasteiger partial charge in [0, 0.05) is 30.1 Å². The van der Waals surface area contributed by atoms with Crippen molar-refractivity contribution in [2.24, 2.45) is 0 Å². The highest BCUT2D eigenvalue weighted by atomic mass is 16.5. The first-order valence-corrected chi connectivity index (χ1v) is 12.6. The predicted molar refractivity (Wildman–Crippen MR) is 144 cm³/mol. The van der Waals surface area contributed by atoms with E-state index < -0.39 is 0 Å². The molecular weight excluding hydrogens is 462 g/mol. The monoisotopic (exact) mass is 489 g/mol. The lowest BCUT2D eigenvalue weighted by atomic mass is 9.88. The lowest BCUT2D eigenvalue weighted by Gasteiger charge is -2.24. The van der Waals surface area contributed by atoms with Gasteiger partial charge in [-0.25, -0.2) is 4.98 Å². The van der Waals surface area contributed by atoms with Crippen LogP contribution < -0.4 is 10.1 Å². The van der Waals surface area contributed by atoms with Crippen LogP contribution >= 0.6 is 0 Å². The second kappa shape index (κ2) is 9.85. The molecule has 6 rings (SSSR count). The molecule has 1 N–H and O–H groups in total. The molecule has 0 saturated heterocycles. The van der Waals surface area contributed by atoms with Crippen LogP contribution in [0.3, 0.4) is 0 Å². The van der Waals surface area contributed by atoms with Crippen LogP contribution in [-0.2, 0) is 6.42 Å². The van der Waals surface area contributed by atoms with Gasteiger partial charge < -0.3 is 10.1 Å². The summed E-state index contributed by atoms with van der Waals surface area (Å²) in [6.45, 7) is 0. The largest absolute Gasteiger partial charge is 0.497 e. The first-order valence-electron chi connectivity index (χ1n) is 12.6. The molecule has 4 aromatic rings. The van der Waals surface area contributed by atoms with Gasteiger partial charge in [0.15, 0.2) is 0 Å². The number of rotatable bonds is 6. The molecule has 1 aliphatic carbocycles. The molecule has 0 fully saturated rings. The molecule has 7 heteroatoms. The van der Waals surface area contributed by atoms with Crippen LogP contribution in [0.25, 0.3) is 22.5 Å². The average Bonchev–Trinajstić information content (AvgIpc) is 3.35. The Morgan fingerprint density at radius 2 is 1.76 bits per heavy atom. The molecule has 2 aliphatic rings. The number of hydrogen-bond acceptors (Lipinski definition) is 6. The maximum absolute atomic E-state index is 14.2. The Hall–Kier alpha value is -4.52. The Morgan fingerprint density at radius 1 is 0.946 bits per heavy atom.